The Morgan fingerprint density at radius 3 is 2.57 bits per heavy atom. The molecule has 0 aliphatic rings. The quantitative estimate of drug-likeness (QED) is 0.722. The average molecular weight is 187 g/mol. The third-order valence-electron chi connectivity index (χ3n) is 1.94. The molecule has 0 amide bonds. The van der Waals surface area contributed by atoms with Crippen LogP contribution in [0, 0.1) is 6.92 Å². The maximum atomic E-state index is 11.7. The second kappa shape index (κ2) is 3.41. The van der Waals surface area contributed by atoms with E-state index in [4.69, 9.17) is 0 Å². The van der Waals surface area contributed by atoms with E-state index in [1.165, 1.54) is 6.33 Å². The molecule has 14 heavy (non-hydrogen) atoms. The zero-order valence-corrected chi connectivity index (χ0v) is 7.69. The Morgan fingerprint density at radius 2 is 2.00 bits per heavy atom. The van der Waals surface area contributed by atoms with Crippen LogP contribution in [-0.2, 0) is 0 Å². The van der Waals surface area contributed by atoms with Gasteiger partial charge in [0.05, 0.1) is 0 Å². The number of hydrogen-bond acceptors (Lipinski definition) is 3. The van der Waals surface area contributed by atoms with Crippen molar-refractivity contribution in [3.63, 3.8) is 0 Å². The van der Waals surface area contributed by atoms with Crippen LogP contribution >= 0.6 is 0 Å². The molecule has 0 bridgehead atoms. The summed E-state index contributed by atoms with van der Waals surface area (Å²) in [5.41, 5.74) is 1.74. The number of carbonyl (C=O) groups is 1. The molecule has 1 aromatic carbocycles. The highest BCUT2D eigenvalue weighted by Crippen LogP contribution is 2.06. The van der Waals surface area contributed by atoms with E-state index < -0.39 is 0 Å². The van der Waals surface area contributed by atoms with Crippen molar-refractivity contribution in [1.29, 1.82) is 0 Å². The number of ketones is 1. The van der Waals surface area contributed by atoms with Crippen molar-refractivity contribution in [2.24, 2.45) is 0 Å². The van der Waals surface area contributed by atoms with Crippen LogP contribution in [0.15, 0.2) is 30.6 Å². The van der Waals surface area contributed by atoms with E-state index >= 15 is 0 Å². The number of rotatable bonds is 2. The summed E-state index contributed by atoms with van der Waals surface area (Å²) in [6.45, 7) is 1.97. The van der Waals surface area contributed by atoms with Gasteiger partial charge in [0.1, 0.15) is 6.33 Å². The van der Waals surface area contributed by atoms with Crippen molar-refractivity contribution < 1.29 is 4.79 Å². The molecule has 0 unspecified atom stereocenters. The van der Waals surface area contributed by atoms with Gasteiger partial charge in [-0.15, -0.1) is 0 Å². The van der Waals surface area contributed by atoms with E-state index in [1.807, 2.05) is 19.1 Å². The molecule has 2 rings (SSSR count). The lowest BCUT2D eigenvalue weighted by Gasteiger charge is -1.97. The molecule has 0 saturated carbocycles. The first-order chi connectivity index (χ1) is 6.77. The molecule has 0 aliphatic carbocycles. The van der Waals surface area contributed by atoms with Crippen LogP contribution in [-0.4, -0.2) is 21.0 Å². The molecule has 0 atom stereocenters. The summed E-state index contributed by atoms with van der Waals surface area (Å²) in [4.78, 5) is 15.5. The summed E-state index contributed by atoms with van der Waals surface area (Å²) in [7, 11) is 0. The fourth-order valence-electron chi connectivity index (χ4n) is 1.16. The van der Waals surface area contributed by atoms with Gasteiger partial charge in [-0.1, -0.05) is 29.8 Å². The van der Waals surface area contributed by atoms with Gasteiger partial charge in [0, 0.05) is 5.56 Å². The number of hydrogen-bond donors (Lipinski definition) is 1. The molecule has 0 fully saturated rings. The Bertz CT molecular complexity index is 431. The normalized spacial score (nSPS) is 10.1. The predicted molar refractivity (Wildman–Crippen MR) is 51.0 cm³/mol. The number of benzene rings is 1. The summed E-state index contributed by atoms with van der Waals surface area (Å²) in [5.74, 6) is 0.136. The second-order valence-corrected chi connectivity index (χ2v) is 3.03. The smallest absolute Gasteiger partial charge is 0.229 e. The van der Waals surface area contributed by atoms with Crippen LogP contribution in [0.2, 0.25) is 0 Å². The fraction of sp³-hybridized carbons (Fsp3) is 0.100. The molecule has 2 aromatic rings. The van der Waals surface area contributed by atoms with E-state index in [-0.39, 0.29) is 11.6 Å². The Kier molecular flexibility index (Phi) is 2.10. The summed E-state index contributed by atoms with van der Waals surface area (Å²) in [6, 6.07) is 7.34. The molecule has 0 radical (unpaired) electrons. The number of H-pyrrole nitrogens is 1. The highest BCUT2D eigenvalue weighted by Gasteiger charge is 2.10. The van der Waals surface area contributed by atoms with Crippen molar-refractivity contribution in [3.8, 4) is 0 Å². The first-order valence-electron chi connectivity index (χ1n) is 4.24. The van der Waals surface area contributed by atoms with Crippen LogP contribution in [0.25, 0.3) is 0 Å². The van der Waals surface area contributed by atoms with Gasteiger partial charge >= 0.3 is 0 Å². The summed E-state index contributed by atoms with van der Waals surface area (Å²) < 4.78 is 0. The lowest BCUT2D eigenvalue weighted by atomic mass is 10.1. The van der Waals surface area contributed by atoms with Gasteiger partial charge in [0.25, 0.3) is 0 Å². The van der Waals surface area contributed by atoms with Gasteiger partial charge in [-0.05, 0) is 6.92 Å². The zero-order chi connectivity index (χ0) is 9.97. The molecular formula is C10H9N3O. The molecule has 4 nitrogen and oxygen atoms in total. The number of aryl methyl sites for hydroxylation is 1. The topological polar surface area (TPSA) is 58.6 Å². The van der Waals surface area contributed by atoms with Gasteiger partial charge in [-0.2, -0.15) is 5.10 Å². The van der Waals surface area contributed by atoms with Crippen molar-refractivity contribution >= 4 is 5.78 Å². The number of aromatic nitrogens is 3. The molecule has 0 saturated heterocycles. The van der Waals surface area contributed by atoms with Crippen molar-refractivity contribution in [2.45, 2.75) is 6.92 Å². The number of carbonyl (C=O) groups excluding carboxylic acids is 1. The van der Waals surface area contributed by atoms with Gasteiger partial charge in [0.2, 0.25) is 5.78 Å². The van der Waals surface area contributed by atoms with E-state index in [9.17, 15) is 4.79 Å². The van der Waals surface area contributed by atoms with Gasteiger partial charge in [0.15, 0.2) is 5.82 Å². The Balaban J connectivity index is 2.33. The number of nitrogens with one attached hydrogen (secondary N) is 1. The summed E-state index contributed by atoms with van der Waals surface area (Å²) in [5, 5.41) is 6.17. The van der Waals surface area contributed by atoms with Crippen molar-refractivity contribution in [1.82, 2.24) is 15.2 Å². The highest BCUT2D eigenvalue weighted by atomic mass is 16.1. The molecule has 1 aromatic heterocycles. The fourth-order valence-corrected chi connectivity index (χ4v) is 1.16. The Morgan fingerprint density at radius 1 is 1.29 bits per heavy atom. The molecule has 0 aliphatic heterocycles. The van der Waals surface area contributed by atoms with E-state index in [0.29, 0.717) is 5.56 Å². The molecule has 1 heterocycles. The van der Waals surface area contributed by atoms with E-state index in [1.54, 1.807) is 12.1 Å². The molecule has 0 spiro atoms. The minimum Gasteiger partial charge on any atom is -0.285 e. The van der Waals surface area contributed by atoms with Gasteiger partial charge in [-0.25, -0.2) is 4.98 Å². The maximum absolute atomic E-state index is 11.7. The SMILES string of the molecule is Cc1ccc(C(=O)c2ncn[nH]2)cc1. The van der Waals surface area contributed by atoms with Crippen LogP contribution in [0.1, 0.15) is 21.7 Å². The number of nitrogens with zero attached hydrogens (tertiary/aromatic N) is 2. The zero-order valence-electron chi connectivity index (χ0n) is 7.69. The van der Waals surface area contributed by atoms with E-state index in [2.05, 4.69) is 15.2 Å². The molecule has 4 heteroatoms. The van der Waals surface area contributed by atoms with Gasteiger partial charge in [-0.3, -0.25) is 9.89 Å². The van der Waals surface area contributed by atoms with Crippen LogP contribution in [0.5, 0.6) is 0 Å². The molecular weight excluding hydrogens is 178 g/mol. The minimum absolute atomic E-state index is 0.137. The molecule has 1 N–H and O–H groups in total. The third kappa shape index (κ3) is 1.54. The Hall–Kier alpha value is -1.97. The van der Waals surface area contributed by atoms with Crippen LogP contribution in [0.4, 0.5) is 0 Å². The van der Waals surface area contributed by atoms with E-state index in [0.717, 1.165) is 5.56 Å². The summed E-state index contributed by atoms with van der Waals surface area (Å²) in [6.07, 6.45) is 1.32. The minimum atomic E-state index is -0.137. The maximum Gasteiger partial charge on any atom is 0.229 e. The Labute approximate surface area is 81.0 Å². The second-order valence-electron chi connectivity index (χ2n) is 3.03. The van der Waals surface area contributed by atoms with Crippen LogP contribution in [0.3, 0.4) is 0 Å². The van der Waals surface area contributed by atoms with Gasteiger partial charge < -0.3 is 0 Å². The average Bonchev–Trinajstić information content (AvgIpc) is 2.71. The van der Waals surface area contributed by atoms with Crippen molar-refractivity contribution in [3.05, 3.63) is 47.5 Å². The van der Waals surface area contributed by atoms with Crippen LogP contribution < -0.4 is 0 Å². The first-order valence-corrected chi connectivity index (χ1v) is 4.24. The lowest BCUT2D eigenvalue weighted by molar-refractivity contribution is 0.103. The number of aromatic amines is 1. The first kappa shape index (κ1) is 8.62. The standard InChI is InChI=1S/C10H9N3O/c1-7-2-4-8(5-3-7)9(14)10-11-6-12-13-10/h2-6H,1H3,(H,11,12,13). The largest absolute Gasteiger partial charge is 0.285 e. The highest BCUT2D eigenvalue weighted by molar-refractivity contribution is 6.06. The predicted octanol–water partition coefficient (Wildman–Crippen LogP) is 1.34. The lowest BCUT2D eigenvalue weighted by Crippen LogP contribution is -2.03. The third-order valence-corrected chi connectivity index (χ3v) is 1.94. The van der Waals surface area contributed by atoms with Crippen molar-refractivity contribution in [2.75, 3.05) is 0 Å². The summed E-state index contributed by atoms with van der Waals surface area (Å²) >= 11 is 0. The molecule has 70 valence electrons. The monoisotopic (exact) mass is 187 g/mol.